The van der Waals surface area contributed by atoms with E-state index in [9.17, 15) is 4.79 Å². The first-order chi connectivity index (χ1) is 16.9. The first-order valence-corrected chi connectivity index (χ1v) is 12.7. The molecule has 5 rings (SSSR count). The van der Waals surface area contributed by atoms with Gasteiger partial charge in [-0.3, -0.25) is 4.79 Å². The van der Waals surface area contributed by atoms with Gasteiger partial charge in [0.2, 0.25) is 0 Å². The van der Waals surface area contributed by atoms with Gasteiger partial charge in [-0.1, -0.05) is 67.4 Å². The van der Waals surface area contributed by atoms with Crippen LogP contribution in [0.4, 0.5) is 11.4 Å². The average Bonchev–Trinajstić information content (AvgIpc) is 3.01. The number of ketones is 1. The summed E-state index contributed by atoms with van der Waals surface area (Å²) in [6.07, 6.45) is 1.18. The molecule has 0 aromatic heterocycles. The topological polar surface area (TPSA) is 50.4 Å². The van der Waals surface area contributed by atoms with Crippen LogP contribution in [-0.4, -0.2) is 12.4 Å². The second-order valence-corrected chi connectivity index (χ2v) is 10.4. The molecule has 0 amide bonds. The van der Waals surface area contributed by atoms with Crippen LogP contribution in [0.2, 0.25) is 10.0 Å². The highest BCUT2D eigenvalue weighted by molar-refractivity contribution is 6.42. The fourth-order valence-electron chi connectivity index (χ4n) is 4.77. The van der Waals surface area contributed by atoms with E-state index in [1.165, 1.54) is 0 Å². The summed E-state index contributed by atoms with van der Waals surface area (Å²) in [5, 5.41) is 8.12. The van der Waals surface area contributed by atoms with Crippen molar-refractivity contribution in [3.63, 3.8) is 0 Å². The van der Waals surface area contributed by atoms with Crippen LogP contribution in [0.25, 0.3) is 0 Å². The molecule has 2 atom stereocenters. The van der Waals surface area contributed by atoms with Gasteiger partial charge in [0.05, 0.1) is 34.1 Å². The molecule has 1 aliphatic carbocycles. The van der Waals surface area contributed by atoms with Gasteiger partial charge in [0.25, 0.3) is 0 Å². The maximum atomic E-state index is 13.7. The zero-order valence-corrected chi connectivity index (χ0v) is 21.3. The number of Topliss-reactive ketones (excluding diaryl/α,β-unsaturated/α-hetero) is 1. The van der Waals surface area contributed by atoms with Crippen LogP contribution < -0.4 is 15.4 Å². The van der Waals surface area contributed by atoms with Crippen LogP contribution in [0.3, 0.4) is 0 Å². The Morgan fingerprint density at radius 1 is 0.914 bits per heavy atom. The standard InChI is InChI=1S/C29H28Cl2N2O2/c1-17(2)16-35-21-10-7-18(8-11-21)20-14-26-28(27(34)15-20)29(19-9-12-22(30)23(31)13-19)33-25-6-4-3-5-24(25)32-26/h3-13,17,20,29,32-33H,14-16H2,1-2H3. The molecule has 180 valence electrons. The zero-order chi connectivity index (χ0) is 24.5. The van der Waals surface area contributed by atoms with Crippen molar-refractivity contribution in [2.24, 2.45) is 5.92 Å². The maximum absolute atomic E-state index is 13.7. The van der Waals surface area contributed by atoms with Crippen LogP contribution in [0.1, 0.15) is 49.8 Å². The first-order valence-electron chi connectivity index (χ1n) is 12.0. The van der Waals surface area contributed by atoms with Crippen LogP contribution in [0.5, 0.6) is 5.75 Å². The third-order valence-electron chi connectivity index (χ3n) is 6.52. The van der Waals surface area contributed by atoms with Gasteiger partial charge >= 0.3 is 0 Å². The molecule has 0 saturated carbocycles. The number of para-hydroxylation sites is 2. The van der Waals surface area contributed by atoms with E-state index in [-0.39, 0.29) is 17.7 Å². The molecule has 1 heterocycles. The Morgan fingerprint density at radius 3 is 2.34 bits per heavy atom. The van der Waals surface area contributed by atoms with Crippen molar-refractivity contribution in [1.82, 2.24) is 0 Å². The third kappa shape index (κ3) is 5.05. The predicted octanol–water partition coefficient (Wildman–Crippen LogP) is 8.01. The summed E-state index contributed by atoms with van der Waals surface area (Å²) >= 11 is 12.5. The molecule has 0 spiro atoms. The van der Waals surface area contributed by atoms with Crippen molar-refractivity contribution in [3.8, 4) is 5.75 Å². The molecule has 3 aromatic carbocycles. The number of benzene rings is 3. The number of anilines is 2. The smallest absolute Gasteiger partial charge is 0.163 e. The summed E-state index contributed by atoms with van der Waals surface area (Å²) in [5.74, 6) is 1.54. The van der Waals surface area contributed by atoms with Gasteiger partial charge in [-0.2, -0.15) is 0 Å². The zero-order valence-electron chi connectivity index (χ0n) is 19.8. The van der Waals surface area contributed by atoms with Gasteiger partial charge in [-0.15, -0.1) is 0 Å². The minimum Gasteiger partial charge on any atom is -0.493 e. The minimum absolute atomic E-state index is 0.0904. The van der Waals surface area contributed by atoms with Crippen molar-refractivity contribution < 1.29 is 9.53 Å². The summed E-state index contributed by atoms with van der Waals surface area (Å²) in [4.78, 5) is 13.7. The molecule has 1 aliphatic heterocycles. The fourth-order valence-corrected chi connectivity index (χ4v) is 5.08. The number of hydrogen-bond acceptors (Lipinski definition) is 4. The number of nitrogens with one attached hydrogen (secondary N) is 2. The first kappa shape index (κ1) is 23.8. The van der Waals surface area contributed by atoms with Crippen molar-refractivity contribution in [2.45, 2.75) is 38.6 Å². The minimum atomic E-state index is -0.323. The van der Waals surface area contributed by atoms with Gasteiger partial charge in [0, 0.05) is 17.7 Å². The molecule has 2 aliphatic rings. The SMILES string of the molecule is CC(C)COc1ccc(C2CC(=O)C3=C(C2)Nc2ccccc2NC3c2ccc(Cl)c(Cl)c2)cc1. The monoisotopic (exact) mass is 506 g/mol. The molecule has 6 heteroatoms. The largest absolute Gasteiger partial charge is 0.493 e. The molecule has 0 fully saturated rings. The van der Waals surface area contributed by atoms with E-state index in [0.29, 0.717) is 29.0 Å². The lowest BCUT2D eigenvalue weighted by molar-refractivity contribution is -0.116. The average molecular weight is 507 g/mol. The molecule has 0 saturated heterocycles. The summed E-state index contributed by atoms with van der Waals surface area (Å²) in [7, 11) is 0. The van der Waals surface area contributed by atoms with Crippen LogP contribution in [-0.2, 0) is 4.79 Å². The molecular weight excluding hydrogens is 479 g/mol. The Bertz CT molecular complexity index is 1280. The molecule has 35 heavy (non-hydrogen) atoms. The third-order valence-corrected chi connectivity index (χ3v) is 7.26. The number of ether oxygens (including phenoxy) is 1. The van der Waals surface area contributed by atoms with Gasteiger partial charge in [0.15, 0.2) is 5.78 Å². The quantitative estimate of drug-likeness (QED) is 0.367. The molecule has 0 radical (unpaired) electrons. The molecule has 3 aromatic rings. The molecule has 4 nitrogen and oxygen atoms in total. The van der Waals surface area contributed by atoms with Crippen molar-refractivity contribution in [2.75, 3.05) is 17.2 Å². The molecule has 2 N–H and O–H groups in total. The van der Waals surface area contributed by atoms with Crippen LogP contribution in [0.15, 0.2) is 78.0 Å². The van der Waals surface area contributed by atoms with Crippen LogP contribution >= 0.6 is 23.2 Å². The lowest BCUT2D eigenvalue weighted by Crippen LogP contribution is -2.26. The number of hydrogen-bond donors (Lipinski definition) is 2. The second-order valence-electron chi connectivity index (χ2n) is 9.62. The molecule has 2 unspecified atom stereocenters. The number of fused-ring (bicyclic) bond motifs is 1. The lowest BCUT2D eigenvalue weighted by Gasteiger charge is -2.30. The van der Waals surface area contributed by atoms with Gasteiger partial charge < -0.3 is 15.4 Å². The lowest BCUT2D eigenvalue weighted by atomic mass is 9.78. The summed E-state index contributed by atoms with van der Waals surface area (Å²) in [6, 6.07) is 21.4. The molecular formula is C29H28Cl2N2O2. The maximum Gasteiger partial charge on any atom is 0.163 e. The van der Waals surface area contributed by atoms with Crippen molar-refractivity contribution in [3.05, 3.63) is 99.2 Å². The summed E-state index contributed by atoms with van der Waals surface area (Å²) in [5.41, 5.74) is 5.64. The van der Waals surface area contributed by atoms with Gasteiger partial charge in [-0.05, 0) is 65.8 Å². The Hall–Kier alpha value is -2.95. The van der Waals surface area contributed by atoms with Crippen molar-refractivity contribution >= 4 is 40.4 Å². The Labute approximate surface area is 216 Å². The van der Waals surface area contributed by atoms with E-state index in [1.807, 2.05) is 48.5 Å². The Kier molecular flexibility index (Phi) is 6.77. The number of carbonyl (C=O) groups excluding carboxylic acids is 1. The van der Waals surface area contributed by atoms with Crippen LogP contribution in [0, 0.1) is 5.92 Å². The predicted molar refractivity (Wildman–Crippen MR) is 144 cm³/mol. The Morgan fingerprint density at radius 2 is 1.63 bits per heavy atom. The second kappa shape index (κ2) is 9.96. The van der Waals surface area contributed by atoms with E-state index in [2.05, 4.69) is 36.6 Å². The van der Waals surface area contributed by atoms with E-state index < -0.39 is 0 Å². The summed E-state index contributed by atoms with van der Waals surface area (Å²) < 4.78 is 5.84. The normalized spacial score (nSPS) is 19.4. The summed E-state index contributed by atoms with van der Waals surface area (Å²) in [6.45, 7) is 4.95. The van der Waals surface area contributed by atoms with E-state index in [4.69, 9.17) is 27.9 Å². The van der Waals surface area contributed by atoms with Gasteiger partial charge in [0.1, 0.15) is 5.75 Å². The van der Waals surface area contributed by atoms with Crippen molar-refractivity contribution in [1.29, 1.82) is 0 Å². The van der Waals surface area contributed by atoms with E-state index in [1.54, 1.807) is 6.07 Å². The number of allylic oxidation sites excluding steroid dienone is 1. The highest BCUT2D eigenvalue weighted by atomic mass is 35.5. The Balaban J connectivity index is 1.49. The number of rotatable bonds is 5. The van der Waals surface area contributed by atoms with E-state index >= 15 is 0 Å². The molecule has 0 bridgehead atoms. The fraction of sp³-hybridized carbons (Fsp3) is 0.276. The number of carbonyl (C=O) groups is 1. The van der Waals surface area contributed by atoms with E-state index in [0.717, 1.165) is 45.9 Å². The highest BCUT2D eigenvalue weighted by Crippen LogP contribution is 2.45. The van der Waals surface area contributed by atoms with Gasteiger partial charge in [-0.25, -0.2) is 0 Å². The number of halogens is 2. The highest BCUT2D eigenvalue weighted by Gasteiger charge is 2.36.